The van der Waals surface area contributed by atoms with Crippen LogP contribution in [0.1, 0.15) is 23.7 Å². The van der Waals surface area contributed by atoms with Gasteiger partial charge in [0.2, 0.25) is 0 Å². The van der Waals surface area contributed by atoms with Crippen molar-refractivity contribution in [1.29, 1.82) is 0 Å². The molecule has 1 aromatic carbocycles. The molecule has 4 nitrogen and oxygen atoms in total. The molecule has 0 aromatic heterocycles. The second kappa shape index (κ2) is 5.66. The molecule has 0 atom stereocenters. The summed E-state index contributed by atoms with van der Waals surface area (Å²) in [4.78, 5) is 11.6. The predicted octanol–water partition coefficient (Wildman–Crippen LogP) is 0.994. The van der Waals surface area contributed by atoms with Crippen LogP contribution in [0.2, 0.25) is 0 Å². The van der Waals surface area contributed by atoms with E-state index in [4.69, 9.17) is 11.5 Å². The Morgan fingerprint density at radius 2 is 1.94 bits per heavy atom. The van der Waals surface area contributed by atoms with Crippen molar-refractivity contribution >= 4 is 17.3 Å². The van der Waals surface area contributed by atoms with E-state index in [1.54, 1.807) is 25.1 Å². The monoisotopic (exact) mass is 217 g/mol. The molecule has 1 rings (SSSR count). The van der Waals surface area contributed by atoms with Gasteiger partial charge < -0.3 is 16.8 Å². The van der Waals surface area contributed by atoms with Crippen LogP contribution in [0.15, 0.2) is 18.2 Å². The number of benzene rings is 1. The fourth-order valence-corrected chi connectivity index (χ4v) is 1.27. The third kappa shape index (κ3) is 3.54. The molecule has 84 valence electrons. The van der Waals surface area contributed by atoms with Crippen LogP contribution in [-0.4, -0.2) is 12.5 Å². The molecule has 0 unspecified atom stereocenters. The van der Waals surface area contributed by atoms with Crippen LogP contribution in [-0.2, 0) is 0 Å². The molecule has 0 spiro atoms. The average molecular weight is 217 g/mol. The maximum absolute atomic E-state index is 11.6. The zero-order valence-electron chi connectivity index (χ0n) is 9.21. The van der Waals surface area contributed by atoms with E-state index in [1.165, 1.54) is 0 Å². The molecule has 1 aromatic rings. The van der Waals surface area contributed by atoms with Gasteiger partial charge in [-0.05, 0) is 25.1 Å². The third-order valence-corrected chi connectivity index (χ3v) is 1.95. The van der Waals surface area contributed by atoms with Gasteiger partial charge in [0.05, 0.1) is 0 Å². The van der Waals surface area contributed by atoms with Gasteiger partial charge in [0.1, 0.15) is 0 Å². The highest BCUT2D eigenvalue weighted by Gasteiger charge is 2.05. The molecule has 0 fully saturated rings. The number of amides is 1. The zero-order valence-corrected chi connectivity index (χ0v) is 9.21. The van der Waals surface area contributed by atoms with E-state index in [9.17, 15) is 4.79 Å². The van der Waals surface area contributed by atoms with Gasteiger partial charge in [-0.3, -0.25) is 4.79 Å². The maximum Gasteiger partial charge on any atom is 0.251 e. The zero-order chi connectivity index (χ0) is 12.0. The Labute approximate surface area is 95.0 Å². The Morgan fingerprint density at radius 3 is 2.50 bits per heavy atom. The molecule has 4 heteroatoms. The summed E-state index contributed by atoms with van der Waals surface area (Å²) in [7, 11) is 0. The molecule has 0 aliphatic rings. The van der Waals surface area contributed by atoms with E-state index < -0.39 is 0 Å². The molecule has 16 heavy (non-hydrogen) atoms. The lowest BCUT2D eigenvalue weighted by Crippen LogP contribution is -2.24. The number of nitrogen functional groups attached to an aromatic ring is 2. The highest BCUT2D eigenvalue weighted by molar-refractivity contribution is 5.96. The lowest BCUT2D eigenvalue weighted by atomic mass is 10.1. The quantitative estimate of drug-likeness (QED) is 0.401. The lowest BCUT2D eigenvalue weighted by Gasteiger charge is -2.05. The van der Waals surface area contributed by atoms with Crippen molar-refractivity contribution in [2.75, 3.05) is 18.0 Å². The molecular weight excluding hydrogens is 202 g/mol. The molecule has 0 saturated carbocycles. The first-order valence-corrected chi connectivity index (χ1v) is 4.97. The van der Waals surface area contributed by atoms with Crippen LogP contribution >= 0.6 is 0 Å². The number of nitrogens with one attached hydrogen (secondary N) is 1. The van der Waals surface area contributed by atoms with E-state index in [0.29, 0.717) is 29.9 Å². The van der Waals surface area contributed by atoms with Crippen molar-refractivity contribution in [3.8, 4) is 11.8 Å². The fraction of sp³-hybridized carbons (Fsp3) is 0.250. The van der Waals surface area contributed by atoms with Crippen molar-refractivity contribution < 1.29 is 4.79 Å². The minimum absolute atomic E-state index is 0.183. The van der Waals surface area contributed by atoms with Gasteiger partial charge in [0.15, 0.2) is 0 Å². The van der Waals surface area contributed by atoms with Crippen molar-refractivity contribution in [1.82, 2.24) is 5.32 Å². The van der Waals surface area contributed by atoms with Gasteiger partial charge in [-0.2, -0.15) is 0 Å². The van der Waals surface area contributed by atoms with Gasteiger partial charge in [-0.25, -0.2) is 0 Å². The molecule has 0 saturated heterocycles. The van der Waals surface area contributed by atoms with E-state index in [-0.39, 0.29) is 5.91 Å². The average Bonchev–Trinajstić information content (AvgIpc) is 2.22. The number of hydrogen-bond acceptors (Lipinski definition) is 3. The predicted molar refractivity (Wildman–Crippen MR) is 65.7 cm³/mol. The standard InChI is InChI=1S/C12H15N3O/c1-2-3-4-5-15-12(16)9-6-10(13)8-11(14)7-9/h6-8H,4-5,13-14H2,1H3,(H,15,16). The topological polar surface area (TPSA) is 81.1 Å². The normalized spacial score (nSPS) is 9.06. The third-order valence-electron chi connectivity index (χ3n) is 1.95. The number of anilines is 2. The summed E-state index contributed by atoms with van der Waals surface area (Å²) >= 11 is 0. The van der Waals surface area contributed by atoms with Crippen molar-refractivity contribution in [3.63, 3.8) is 0 Å². The number of carbonyl (C=O) groups excluding carboxylic acids is 1. The highest BCUT2D eigenvalue weighted by atomic mass is 16.1. The van der Waals surface area contributed by atoms with E-state index in [2.05, 4.69) is 17.2 Å². The van der Waals surface area contributed by atoms with Crippen molar-refractivity contribution in [3.05, 3.63) is 23.8 Å². The van der Waals surface area contributed by atoms with E-state index in [1.807, 2.05) is 0 Å². The molecule has 5 N–H and O–H groups in total. The van der Waals surface area contributed by atoms with Gasteiger partial charge in [0.25, 0.3) is 5.91 Å². The van der Waals surface area contributed by atoms with Crippen LogP contribution in [0, 0.1) is 11.8 Å². The second-order valence-electron chi connectivity index (χ2n) is 3.32. The molecular formula is C12H15N3O. The molecule has 0 bridgehead atoms. The first-order valence-electron chi connectivity index (χ1n) is 4.97. The number of carbonyl (C=O) groups is 1. The fourth-order valence-electron chi connectivity index (χ4n) is 1.27. The van der Waals surface area contributed by atoms with Crippen LogP contribution in [0.25, 0.3) is 0 Å². The van der Waals surface area contributed by atoms with Crippen molar-refractivity contribution in [2.24, 2.45) is 0 Å². The Bertz CT molecular complexity index is 423. The molecule has 0 radical (unpaired) electrons. The molecule has 0 aliphatic carbocycles. The summed E-state index contributed by atoms with van der Waals surface area (Å²) in [6, 6.07) is 4.80. The Balaban J connectivity index is 2.61. The van der Waals surface area contributed by atoms with Crippen LogP contribution in [0.3, 0.4) is 0 Å². The van der Waals surface area contributed by atoms with Gasteiger partial charge in [-0.1, -0.05) is 0 Å². The highest BCUT2D eigenvalue weighted by Crippen LogP contribution is 2.13. The number of nitrogens with two attached hydrogens (primary N) is 2. The minimum Gasteiger partial charge on any atom is -0.399 e. The Morgan fingerprint density at radius 1 is 1.31 bits per heavy atom. The summed E-state index contributed by atoms with van der Waals surface area (Å²) in [6.07, 6.45) is 0.639. The summed E-state index contributed by atoms with van der Waals surface area (Å²) in [5, 5.41) is 2.74. The first kappa shape index (κ1) is 11.9. The second-order valence-corrected chi connectivity index (χ2v) is 3.32. The molecule has 1 amide bonds. The minimum atomic E-state index is -0.183. The summed E-state index contributed by atoms with van der Waals surface area (Å²) < 4.78 is 0. The largest absolute Gasteiger partial charge is 0.399 e. The van der Waals surface area contributed by atoms with Crippen LogP contribution < -0.4 is 16.8 Å². The van der Waals surface area contributed by atoms with E-state index in [0.717, 1.165) is 0 Å². The van der Waals surface area contributed by atoms with E-state index >= 15 is 0 Å². The summed E-state index contributed by atoms with van der Waals surface area (Å²) in [5.41, 5.74) is 12.6. The lowest BCUT2D eigenvalue weighted by molar-refractivity contribution is 0.0954. The molecule has 0 heterocycles. The van der Waals surface area contributed by atoms with Crippen LogP contribution in [0.4, 0.5) is 11.4 Å². The summed E-state index contributed by atoms with van der Waals surface area (Å²) in [5.74, 6) is 5.44. The Hall–Kier alpha value is -2.15. The van der Waals surface area contributed by atoms with Gasteiger partial charge in [0, 0.05) is 29.9 Å². The number of hydrogen-bond donors (Lipinski definition) is 3. The van der Waals surface area contributed by atoms with Crippen LogP contribution in [0.5, 0.6) is 0 Å². The maximum atomic E-state index is 11.6. The van der Waals surface area contributed by atoms with Gasteiger partial charge >= 0.3 is 0 Å². The smallest absolute Gasteiger partial charge is 0.251 e. The van der Waals surface area contributed by atoms with Gasteiger partial charge in [-0.15, -0.1) is 11.8 Å². The van der Waals surface area contributed by atoms with Crippen molar-refractivity contribution in [2.45, 2.75) is 13.3 Å². The Kier molecular flexibility index (Phi) is 4.22. The SMILES string of the molecule is CC#CCCNC(=O)c1cc(N)cc(N)c1. The summed E-state index contributed by atoms with van der Waals surface area (Å²) in [6.45, 7) is 2.29. The molecule has 0 aliphatic heterocycles. The first-order chi connectivity index (χ1) is 7.63. The number of rotatable bonds is 3.